The molecule has 0 saturated heterocycles. The highest BCUT2D eigenvalue weighted by molar-refractivity contribution is 5.95. The number of carbonyl (C=O) groups excluding carboxylic acids is 1. The molecule has 0 radical (unpaired) electrons. The molecule has 4 heteroatoms. The highest BCUT2D eigenvalue weighted by atomic mass is 16.5. The lowest BCUT2D eigenvalue weighted by Crippen LogP contribution is -2.16. The van der Waals surface area contributed by atoms with Crippen LogP contribution in [-0.4, -0.2) is 23.9 Å². The number of nitrogens with zero attached hydrogens (tertiary/aromatic N) is 1. The summed E-state index contributed by atoms with van der Waals surface area (Å²) in [6.45, 7) is 3.79. The van der Waals surface area contributed by atoms with E-state index in [1.165, 1.54) is 0 Å². The average Bonchev–Trinajstić information content (AvgIpc) is 2.71. The monoisotopic (exact) mass is 268 g/mol. The van der Waals surface area contributed by atoms with Gasteiger partial charge < -0.3 is 10.1 Å². The highest BCUT2D eigenvalue weighted by Gasteiger charge is 2.12. The molecule has 2 heterocycles. The molecule has 0 unspecified atom stereocenters. The molecular weight excluding hydrogens is 252 g/mol. The average molecular weight is 268 g/mol. The molecule has 1 aliphatic rings. The summed E-state index contributed by atoms with van der Waals surface area (Å²) in [6.07, 6.45) is 0. The summed E-state index contributed by atoms with van der Waals surface area (Å²) >= 11 is 0. The molecular formula is C16H16N2O2. The zero-order valence-corrected chi connectivity index (χ0v) is 11.3. The van der Waals surface area contributed by atoms with Crippen LogP contribution in [0.2, 0.25) is 0 Å². The molecule has 0 atom stereocenters. The third-order valence-corrected chi connectivity index (χ3v) is 3.34. The van der Waals surface area contributed by atoms with Gasteiger partial charge in [-0.1, -0.05) is 24.3 Å². The zero-order chi connectivity index (χ0) is 13.9. The van der Waals surface area contributed by atoms with Crippen LogP contribution >= 0.6 is 0 Å². The lowest BCUT2D eigenvalue weighted by molar-refractivity contribution is 0.101. The summed E-state index contributed by atoms with van der Waals surface area (Å²) < 4.78 is 5.65. The van der Waals surface area contributed by atoms with Crippen molar-refractivity contribution in [3.8, 4) is 17.1 Å². The van der Waals surface area contributed by atoms with Crippen molar-refractivity contribution >= 4 is 5.78 Å². The fourth-order valence-electron chi connectivity index (χ4n) is 2.23. The van der Waals surface area contributed by atoms with E-state index in [0.29, 0.717) is 18.1 Å². The number of ketones is 1. The van der Waals surface area contributed by atoms with Crippen LogP contribution < -0.4 is 10.1 Å². The van der Waals surface area contributed by atoms with E-state index in [4.69, 9.17) is 4.74 Å². The molecule has 102 valence electrons. The SMILES string of the molecule is CC(=O)c1cccc(-c2ccc3c(n2)OCCNC3)c1. The predicted octanol–water partition coefficient (Wildman–Crippen LogP) is 2.43. The Bertz CT molecular complexity index is 653. The second-order valence-corrected chi connectivity index (χ2v) is 4.82. The van der Waals surface area contributed by atoms with E-state index in [-0.39, 0.29) is 5.78 Å². The number of benzene rings is 1. The second-order valence-electron chi connectivity index (χ2n) is 4.82. The number of nitrogens with one attached hydrogen (secondary N) is 1. The number of carbonyl (C=O) groups is 1. The zero-order valence-electron chi connectivity index (χ0n) is 11.3. The van der Waals surface area contributed by atoms with E-state index in [1.807, 2.05) is 36.4 Å². The van der Waals surface area contributed by atoms with Gasteiger partial charge in [0, 0.05) is 29.8 Å². The van der Waals surface area contributed by atoms with Gasteiger partial charge in [0.25, 0.3) is 0 Å². The molecule has 0 aliphatic carbocycles. The first-order valence-electron chi connectivity index (χ1n) is 6.69. The second kappa shape index (κ2) is 5.43. The first kappa shape index (κ1) is 12.8. The molecule has 1 aromatic carbocycles. The van der Waals surface area contributed by atoms with Gasteiger partial charge in [0.05, 0.1) is 5.69 Å². The van der Waals surface area contributed by atoms with E-state index in [9.17, 15) is 4.79 Å². The Morgan fingerprint density at radius 1 is 1.30 bits per heavy atom. The summed E-state index contributed by atoms with van der Waals surface area (Å²) in [5, 5.41) is 3.28. The quantitative estimate of drug-likeness (QED) is 0.850. The number of ether oxygens (including phenoxy) is 1. The van der Waals surface area contributed by atoms with Gasteiger partial charge in [-0.05, 0) is 19.1 Å². The van der Waals surface area contributed by atoms with Crippen molar-refractivity contribution in [1.29, 1.82) is 0 Å². The highest BCUT2D eigenvalue weighted by Crippen LogP contribution is 2.25. The number of Topliss-reactive ketones (excluding diaryl/α,β-unsaturated/α-hetero) is 1. The van der Waals surface area contributed by atoms with Gasteiger partial charge in [-0.15, -0.1) is 0 Å². The van der Waals surface area contributed by atoms with E-state index < -0.39 is 0 Å². The van der Waals surface area contributed by atoms with Crippen molar-refractivity contribution in [3.63, 3.8) is 0 Å². The van der Waals surface area contributed by atoms with Crippen molar-refractivity contribution in [2.24, 2.45) is 0 Å². The Balaban J connectivity index is 2.00. The van der Waals surface area contributed by atoms with Gasteiger partial charge in [-0.2, -0.15) is 0 Å². The lowest BCUT2D eigenvalue weighted by Gasteiger charge is -2.08. The molecule has 1 aliphatic heterocycles. The number of hydrogen-bond donors (Lipinski definition) is 1. The van der Waals surface area contributed by atoms with Crippen molar-refractivity contribution < 1.29 is 9.53 Å². The van der Waals surface area contributed by atoms with E-state index in [0.717, 1.165) is 29.9 Å². The van der Waals surface area contributed by atoms with Crippen molar-refractivity contribution in [2.75, 3.05) is 13.2 Å². The molecule has 0 bridgehead atoms. The molecule has 3 rings (SSSR count). The van der Waals surface area contributed by atoms with E-state index in [1.54, 1.807) is 6.92 Å². The van der Waals surface area contributed by atoms with Crippen LogP contribution in [0.1, 0.15) is 22.8 Å². The summed E-state index contributed by atoms with van der Waals surface area (Å²) in [7, 11) is 0. The van der Waals surface area contributed by atoms with Crippen molar-refractivity contribution in [2.45, 2.75) is 13.5 Å². The number of fused-ring (bicyclic) bond motifs is 1. The van der Waals surface area contributed by atoms with Crippen LogP contribution in [0.4, 0.5) is 0 Å². The van der Waals surface area contributed by atoms with Crippen LogP contribution in [0.25, 0.3) is 11.3 Å². The molecule has 1 aromatic heterocycles. The topological polar surface area (TPSA) is 51.2 Å². The molecule has 4 nitrogen and oxygen atoms in total. The molecule has 0 saturated carbocycles. The van der Waals surface area contributed by atoms with Gasteiger partial charge in [-0.25, -0.2) is 4.98 Å². The van der Waals surface area contributed by atoms with Crippen LogP contribution in [0.15, 0.2) is 36.4 Å². The van der Waals surface area contributed by atoms with Crippen LogP contribution in [0, 0.1) is 0 Å². The largest absolute Gasteiger partial charge is 0.476 e. The predicted molar refractivity (Wildman–Crippen MR) is 76.9 cm³/mol. The molecule has 2 aromatic rings. The first-order chi connectivity index (χ1) is 9.74. The standard InChI is InChI=1S/C16H16N2O2/c1-11(19)12-3-2-4-13(9-12)15-6-5-14-10-17-7-8-20-16(14)18-15/h2-6,9,17H,7-8,10H2,1H3. The first-order valence-corrected chi connectivity index (χ1v) is 6.69. The van der Waals surface area contributed by atoms with Crippen molar-refractivity contribution in [3.05, 3.63) is 47.5 Å². The summed E-state index contributed by atoms with van der Waals surface area (Å²) in [5.74, 6) is 0.739. The maximum Gasteiger partial charge on any atom is 0.218 e. The summed E-state index contributed by atoms with van der Waals surface area (Å²) in [6, 6.07) is 11.5. The van der Waals surface area contributed by atoms with Gasteiger partial charge in [-0.3, -0.25) is 4.79 Å². The minimum atomic E-state index is 0.0575. The fraction of sp³-hybridized carbons (Fsp3) is 0.250. The fourth-order valence-corrected chi connectivity index (χ4v) is 2.23. The third kappa shape index (κ3) is 2.56. The van der Waals surface area contributed by atoms with Gasteiger partial charge >= 0.3 is 0 Å². The van der Waals surface area contributed by atoms with Crippen LogP contribution in [0.5, 0.6) is 5.88 Å². The van der Waals surface area contributed by atoms with E-state index in [2.05, 4.69) is 10.3 Å². The molecule has 1 N–H and O–H groups in total. The number of aromatic nitrogens is 1. The number of hydrogen-bond acceptors (Lipinski definition) is 4. The number of pyridine rings is 1. The van der Waals surface area contributed by atoms with Crippen LogP contribution in [-0.2, 0) is 6.54 Å². The molecule has 20 heavy (non-hydrogen) atoms. The Morgan fingerprint density at radius 3 is 3.05 bits per heavy atom. The Morgan fingerprint density at radius 2 is 2.20 bits per heavy atom. The van der Waals surface area contributed by atoms with E-state index >= 15 is 0 Å². The smallest absolute Gasteiger partial charge is 0.218 e. The molecule has 0 amide bonds. The normalized spacial score (nSPS) is 14.1. The number of rotatable bonds is 2. The maximum absolute atomic E-state index is 11.5. The van der Waals surface area contributed by atoms with Gasteiger partial charge in [0.15, 0.2) is 5.78 Å². The minimum absolute atomic E-state index is 0.0575. The maximum atomic E-state index is 11.5. The molecule has 0 fully saturated rings. The Kier molecular flexibility index (Phi) is 3.48. The molecule has 0 spiro atoms. The van der Waals surface area contributed by atoms with Crippen molar-refractivity contribution in [1.82, 2.24) is 10.3 Å². The Labute approximate surface area is 117 Å². The lowest BCUT2D eigenvalue weighted by atomic mass is 10.0. The Hall–Kier alpha value is -2.20. The third-order valence-electron chi connectivity index (χ3n) is 3.34. The summed E-state index contributed by atoms with van der Waals surface area (Å²) in [5.41, 5.74) is 3.52. The summed E-state index contributed by atoms with van der Waals surface area (Å²) in [4.78, 5) is 16.0. The minimum Gasteiger partial charge on any atom is -0.476 e. The van der Waals surface area contributed by atoms with Gasteiger partial charge in [0.2, 0.25) is 5.88 Å². The van der Waals surface area contributed by atoms with Crippen LogP contribution in [0.3, 0.4) is 0 Å². The van der Waals surface area contributed by atoms with Gasteiger partial charge in [0.1, 0.15) is 6.61 Å².